The number of carbonyl (C=O) groups is 1. The minimum absolute atomic E-state index is 0.0722. The zero-order chi connectivity index (χ0) is 15.7. The highest BCUT2D eigenvalue weighted by Gasteiger charge is 2.22. The molecule has 120 valence electrons. The Morgan fingerprint density at radius 3 is 2.71 bits per heavy atom. The largest absolute Gasteiger partial charge is 0.469 e. The summed E-state index contributed by atoms with van der Waals surface area (Å²) >= 11 is 1.51. The highest BCUT2D eigenvalue weighted by molar-refractivity contribution is 7.89. The predicted octanol–water partition coefficient (Wildman–Crippen LogP) is 1.48. The molecular weight excluding hydrogens is 314 g/mol. The van der Waals surface area contributed by atoms with Gasteiger partial charge in [-0.15, -0.1) is 11.3 Å². The summed E-state index contributed by atoms with van der Waals surface area (Å²) < 4.78 is 35.6. The summed E-state index contributed by atoms with van der Waals surface area (Å²) in [6.07, 6.45) is 0.357. The van der Waals surface area contributed by atoms with Crippen LogP contribution in [0.3, 0.4) is 0 Å². The van der Waals surface area contributed by atoms with Crippen LogP contribution >= 0.6 is 11.3 Å². The van der Waals surface area contributed by atoms with Crippen molar-refractivity contribution in [1.29, 1.82) is 0 Å². The van der Waals surface area contributed by atoms with Crippen molar-refractivity contribution in [3.63, 3.8) is 0 Å². The molecule has 8 heteroatoms. The molecule has 1 rings (SSSR count). The molecule has 1 heterocycles. The molecule has 0 spiro atoms. The van der Waals surface area contributed by atoms with Gasteiger partial charge in [0.1, 0.15) is 0 Å². The molecule has 0 saturated heterocycles. The van der Waals surface area contributed by atoms with Crippen LogP contribution in [0.15, 0.2) is 17.5 Å². The van der Waals surface area contributed by atoms with Gasteiger partial charge in [-0.3, -0.25) is 4.79 Å². The van der Waals surface area contributed by atoms with Crippen LogP contribution in [0.5, 0.6) is 0 Å². The number of hydrogen-bond donors (Lipinski definition) is 0. The second-order valence-corrected chi connectivity index (χ2v) is 7.52. The lowest BCUT2D eigenvalue weighted by Gasteiger charge is -2.21. The Labute approximate surface area is 129 Å². The van der Waals surface area contributed by atoms with Crippen molar-refractivity contribution in [2.75, 3.05) is 33.1 Å². The molecule has 0 aliphatic carbocycles. The molecule has 0 N–H and O–H groups in total. The zero-order valence-corrected chi connectivity index (χ0v) is 13.9. The van der Waals surface area contributed by atoms with E-state index in [9.17, 15) is 13.2 Å². The van der Waals surface area contributed by atoms with Gasteiger partial charge in [-0.05, 0) is 17.9 Å². The van der Waals surface area contributed by atoms with Gasteiger partial charge in [-0.2, -0.15) is 4.31 Å². The van der Waals surface area contributed by atoms with Gasteiger partial charge in [-0.25, -0.2) is 8.42 Å². The highest BCUT2D eigenvalue weighted by Crippen LogP contribution is 2.15. The van der Waals surface area contributed by atoms with E-state index in [4.69, 9.17) is 4.74 Å². The quantitative estimate of drug-likeness (QED) is 0.606. The Bertz CT molecular complexity index is 513. The van der Waals surface area contributed by atoms with E-state index in [0.29, 0.717) is 19.7 Å². The maximum absolute atomic E-state index is 12.4. The van der Waals surface area contributed by atoms with Crippen molar-refractivity contribution in [1.82, 2.24) is 4.31 Å². The van der Waals surface area contributed by atoms with Gasteiger partial charge < -0.3 is 9.47 Å². The van der Waals surface area contributed by atoms with Crippen molar-refractivity contribution in [2.45, 2.75) is 19.4 Å². The Kier molecular flexibility index (Phi) is 7.87. The summed E-state index contributed by atoms with van der Waals surface area (Å²) in [5.41, 5.74) is 0. The topological polar surface area (TPSA) is 72.9 Å². The van der Waals surface area contributed by atoms with Crippen molar-refractivity contribution < 1.29 is 22.7 Å². The first-order valence-corrected chi connectivity index (χ1v) is 9.04. The van der Waals surface area contributed by atoms with E-state index < -0.39 is 16.0 Å². The first-order chi connectivity index (χ1) is 9.99. The van der Waals surface area contributed by atoms with E-state index in [1.54, 1.807) is 0 Å². The second-order valence-electron chi connectivity index (χ2n) is 4.40. The molecule has 6 nitrogen and oxygen atoms in total. The lowest BCUT2D eigenvalue weighted by atomic mass is 10.3. The molecule has 0 fully saturated rings. The fraction of sp³-hybridized carbons (Fsp3) is 0.615. The van der Waals surface area contributed by atoms with E-state index in [1.807, 2.05) is 17.5 Å². The number of thiophene rings is 1. The van der Waals surface area contributed by atoms with Crippen LogP contribution < -0.4 is 0 Å². The molecule has 21 heavy (non-hydrogen) atoms. The molecule has 0 aliphatic heterocycles. The van der Waals surface area contributed by atoms with E-state index >= 15 is 0 Å². The molecule has 0 unspecified atom stereocenters. The monoisotopic (exact) mass is 335 g/mol. The average molecular weight is 335 g/mol. The summed E-state index contributed by atoms with van der Waals surface area (Å²) in [6, 6.07) is 3.78. The molecule has 0 saturated carbocycles. The van der Waals surface area contributed by atoms with Crippen LogP contribution in [0.25, 0.3) is 0 Å². The normalized spacial score (nSPS) is 11.8. The van der Waals surface area contributed by atoms with Crippen molar-refractivity contribution in [3.8, 4) is 0 Å². The average Bonchev–Trinajstić information content (AvgIpc) is 2.95. The van der Waals surface area contributed by atoms with E-state index in [1.165, 1.54) is 29.9 Å². The third-order valence-electron chi connectivity index (χ3n) is 2.86. The van der Waals surface area contributed by atoms with Crippen molar-refractivity contribution in [3.05, 3.63) is 22.4 Å². The Balaban J connectivity index is 2.63. The molecule has 0 aliphatic rings. The zero-order valence-electron chi connectivity index (χ0n) is 12.3. The molecule has 1 aromatic rings. The number of hydrogen-bond acceptors (Lipinski definition) is 6. The van der Waals surface area contributed by atoms with Gasteiger partial charge in [-0.1, -0.05) is 6.07 Å². The second kappa shape index (κ2) is 9.14. The van der Waals surface area contributed by atoms with Crippen molar-refractivity contribution >= 4 is 27.3 Å². The summed E-state index contributed by atoms with van der Waals surface area (Å²) in [5.74, 6) is -0.469. The standard InChI is InChI=1S/C13H21NO5S2/c1-18-8-7-14(11-12-5-3-9-20-12)21(16,17)10-4-6-13(15)19-2/h3,5,9H,4,6-8,10-11H2,1-2H3. The lowest BCUT2D eigenvalue weighted by Crippen LogP contribution is -2.35. The minimum Gasteiger partial charge on any atom is -0.469 e. The number of nitrogens with zero attached hydrogens (tertiary/aromatic N) is 1. The summed E-state index contributed by atoms with van der Waals surface area (Å²) in [5, 5.41) is 1.91. The molecule has 0 bridgehead atoms. The smallest absolute Gasteiger partial charge is 0.305 e. The number of sulfonamides is 1. The summed E-state index contributed by atoms with van der Waals surface area (Å²) in [6.45, 7) is 0.970. The fourth-order valence-corrected chi connectivity index (χ4v) is 3.97. The predicted molar refractivity (Wildman–Crippen MR) is 81.6 cm³/mol. The van der Waals surface area contributed by atoms with Crippen molar-refractivity contribution in [2.24, 2.45) is 0 Å². The van der Waals surface area contributed by atoms with Crippen LogP contribution in [0.1, 0.15) is 17.7 Å². The van der Waals surface area contributed by atoms with E-state index in [2.05, 4.69) is 4.74 Å². The first-order valence-electron chi connectivity index (χ1n) is 6.55. The van der Waals surface area contributed by atoms with Gasteiger partial charge in [0, 0.05) is 31.5 Å². The lowest BCUT2D eigenvalue weighted by molar-refractivity contribution is -0.140. The van der Waals surface area contributed by atoms with Crippen LogP contribution in [0.4, 0.5) is 0 Å². The highest BCUT2D eigenvalue weighted by atomic mass is 32.2. The maximum atomic E-state index is 12.4. The number of esters is 1. The number of rotatable bonds is 10. The van der Waals surface area contributed by atoms with Gasteiger partial charge >= 0.3 is 5.97 Å². The number of ether oxygens (including phenoxy) is 2. The van der Waals surface area contributed by atoms with Gasteiger partial charge in [0.25, 0.3) is 0 Å². The molecule has 0 radical (unpaired) electrons. The Morgan fingerprint density at radius 2 is 2.14 bits per heavy atom. The summed E-state index contributed by atoms with van der Waals surface area (Å²) in [7, 11) is -0.597. The number of methoxy groups -OCH3 is 2. The Hall–Kier alpha value is -0.960. The van der Waals surface area contributed by atoms with Crippen LogP contribution in [0, 0.1) is 0 Å². The van der Waals surface area contributed by atoms with E-state index in [-0.39, 0.29) is 18.6 Å². The summed E-state index contributed by atoms with van der Waals surface area (Å²) in [4.78, 5) is 12.0. The fourth-order valence-electron chi connectivity index (χ4n) is 1.72. The third kappa shape index (κ3) is 6.56. The van der Waals surface area contributed by atoms with Gasteiger partial charge in [0.2, 0.25) is 10.0 Å². The number of carbonyl (C=O) groups excluding carboxylic acids is 1. The minimum atomic E-state index is -3.42. The van der Waals surface area contributed by atoms with Gasteiger partial charge in [0.15, 0.2) is 0 Å². The van der Waals surface area contributed by atoms with Crippen LogP contribution in [-0.4, -0.2) is 51.8 Å². The molecule has 0 atom stereocenters. The Morgan fingerprint density at radius 1 is 1.38 bits per heavy atom. The molecule has 0 amide bonds. The molecular formula is C13H21NO5S2. The SMILES string of the molecule is COCCN(Cc1cccs1)S(=O)(=O)CCCC(=O)OC. The first kappa shape index (κ1) is 18.1. The van der Waals surface area contributed by atoms with Gasteiger partial charge in [0.05, 0.1) is 19.5 Å². The van der Waals surface area contributed by atoms with E-state index in [0.717, 1.165) is 4.88 Å². The molecule has 1 aromatic heterocycles. The van der Waals surface area contributed by atoms with Crippen LogP contribution in [-0.2, 0) is 30.8 Å². The molecule has 0 aromatic carbocycles. The van der Waals surface area contributed by atoms with Crippen LogP contribution in [0.2, 0.25) is 0 Å². The third-order valence-corrected chi connectivity index (χ3v) is 5.63. The maximum Gasteiger partial charge on any atom is 0.305 e.